The Kier molecular flexibility index (Phi) is 3.15. The van der Waals surface area contributed by atoms with Gasteiger partial charge >= 0.3 is 0 Å². The van der Waals surface area contributed by atoms with Gasteiger partial charge in [-0.15, -0.1) is 5.10 Å². The molecule has 100 valence electrons. The molecule has 2 aliphatic rings. The van der Waals surface area contributed by atoms with Crippen LogP contribution >= 0.6 is 0 Å². The molecule has 19 heavy (non-hydrogen) atoms. The molecule has 1 heterocycles. The Morgan fingerprint density at radius 1 is 1.16 bits per heavy atom. The van der Waals surface area contributed by atoms with Gasteiger partial charge in [0, 0.05) is 12.1 Å². The molecule has 0 aliphatic heterocycles. The fraction of sp³-hybridized carbons (Fsp3) is 0.538. The predicted molar refractivity (Wildman–Crippen MR) is 66.6 cm³/mol. The Balaban J connectivity index is 1.49. The molecule has 3 atom stereocenters. The summed E-state index contributed by atoms with van der Waals surface area (Å²) < 4.78 is 0. The van der Waals surface area contributed by atoms with Crippen molar-refractivity contribution in [3.05, 3.63) is 24.0 Å². The summed E-state index contributed by atoms with van der Waals surface area (Å²) in [5.74, 6) is 0.964. The van der Waals surface area contributed by atoms with E-state index in [1.165, 1.54) is 19.0 Å². The van der Waals surface area contributed by atoms with E-state index in [2.05, 4.69) is 21.0 Å². The Hall–Kier alpha value is -1.98. The first-order valence-electron chi connectivity index (χ1n) is 6.62. The van der Waals surface area contributed by atoms with Crippen LogP contribution in [0.15, 0.2) is 18.3 Å². The van der Waals surface area contributed by atoms with Crippen molar-refractivity contribution in [2.24, 2.45) is 17.8 Å². The van der Waals surface area contributed by atoms with Crippen LogP contribution in [0.3, 0.4) is 0 Å². The van der Waals surface area contributed by atoms with Crippen LogP contribution in [0.4, 0.5) is 0 Å². The number of hydrogen-bond acceptors (Lipinski definition) is 4. The van der Waals surface area contributed by atoms with Crippen LogP contribution in [-0.4, -0.2) is 22.0 Å². The number of nitrogens with one attached hydrogen (secondary N) is 2. The fourth-order valence-corrected chi connectivity index (χ4v) is 3.01. The summed E-state index contributed by atoms with van der Waals surface area (Å²) in [6, 6.07) is 3.17. The third kappa shape index (κ3) is 2.43. The molecule has 2 saturated carbocycles. The predicted octanol–water partition coefficient (Wildman–Crippen LogP) is 0.674. The molecule has 0 spiro atoms. The lowest BCUT2D eigenvalue weighted by molar-refractivity contribution is -0.125. The second-order valence-electron chi connectivity index (χ2n) is 5.32. The highest BCUT2D eigenvalue weighted by Gasteiger charge is 2.42. The van der Waals surface area contributed by atoms with Crippen molar-refractivity contribution in [3.8, 4) is 0 Å². The Labute approximate surface area is 111 Å². The molecule has 0 aromatic carbocycles. The van der Waals surface area contributed by atoms with Gasteiger partial charge in [0.1, 0.15) is 0 Å². The van der Waals surface area contributed by atoms with Gasteiger partial charge in [-0.25, -0.2) is 0 Å². The van der Waals surface area contributed by atoms with Gasteiger partial charge in [0.25, 0.3) is 5.91 Å². The van der Waals surface area contributed by atoms with Crippen LogP contribution in [-0.2, 0) is 4.79 Å². The highest BCUT2D eigenvalue weighted by Crippen LogP contribution is 2.49. The van der Waals surface area contributed by atoms with Crippen LogP contribution in [0, 0.1) is 17.8 Å². The van der Waals surface area contributed by atoms with Crippen molar-refractivity contribution < 1.29 is 9.59 Å². The first kappa shape index (κ1) is 12.1. The summed E-state index contributed by atoms with van der Waals surface area (Å²) >= 11 is 0. The zero-order chi connectivity index (χ0) is 13.2. The molecule has 2 N–H and O–H groups in total. The highest BCUT2D eigenvalue weighted by atomic mass is 16.2. The first-order chi connectivity index (χ1) is 9.24. The largest absolute Gasteiger partial charge is 0.290 e. The standard InChI is InChI=1S/C13H16N4O2/c18-12(10-6-8-3-4-9(8)7-10)16-17-13(19)11-2-1-5-14-15-11/h1-2,5,8-10H,3-4,6-7H2,(H,16,18)(H,17,19)/t8-,9+,10?. The second-order valence-corrected chi connectivity index (χ2v) is 5.32. The van der Waals surface area contributed by atoms with Gasteiger partial charge in [-0.05, 0) is 49.7 Å². The van der Waals surface area contributed by atoms with E-state index in [4.69, 9.17) is 0 Å². The molecule has 0 bridgehead atoms. The normalized spacial score (nSPS) is 28.1. The average Bonchev–Trinajstić information content (AvgIpc) is 2.72. The number of hydrazine groups is 1. The number of aromatic nitrogens is 2. The first-order valence-corrected chi connectivity index (χ1v) is 6.62. The van der Waals surface area contributed by atoms with E-state index in [0.717, 1.165) is 24.7 Å². The lowest BCUT2D eigenvalue weighted by atomic mass is 9.77. The van der Waals surface area contributed by atoms with Crippen LogP contribution in [0.2, 0.25) is 0 Å². The lowest BCUT2D eigenvalue weighted by Gasteiger charge is -2.29. The summed E-state index contributed by atoms with van der Waals surface area (Å²) in [5, 5.41) is 7.29. The minimum atomic E-state index is -0.442. The third-order valence-electron chi connectivity index (χ3n) is 4.22. The topological polar surface area (TPSA) is 84.0 Å². The van der Waals surface area contributed by atoms with Gasteiger partial charge in [-0.2, -0.15) is 5.10 Å². The summed E-state index contributed by atoms with van der Waals surface area (Å²) in [6.07, 6.45) is 5.90. The molecule has 3 rings (SSSR count). The van der Waals surface area contributed by atoms with Crippen LogP contribution < -0.4 is 10.9 Å². The summed E-state index contributed by atoms with van der Waals surface area (Å²) in [6.45, 7) is 0. The highest BCUT2D eigenvalue weighted by molar-refractivity contribution is 5.93. The minimum Gasteiger partial charge on any atom is -0.273 e. The van der Waals surface area contributed by atoms with Gasteiger partial charge in [0.2, 0.25) is 5.91 Å². The monoisotopic (exact) mass is 260 g/mol. The number of hydrogen-bond donors (Lipinski definition) is 2. The summed E-state index contributed by atoms with van der Waals surface area (Å²) in [7, 11) is 0. The quantitative estimate of drug-likeness (QED) is 0.766. The van der Waals surface area contributed by atoms with Crippen LogP contribution in [0.5, 0.6) is 0 Å². The minimum absolute atomic E-state index is 0.0413. The third-order valence-corrected chi connectivity index (χ3v) is 4.22. The maximum atomic E-state index is 11.9. The molecule has 1 aromatic heterocycles. The molecule has 2 fully saturated rings. The van der Waals surface area contributed by atoms with E-state index < -0.39 is 5.91 Å². The van der Waals surface area contributed by atoms with Crippen molar-refractivity contribution in [1.82, 2.24) is 21.0 Å². The van der Waals surface area contributed by atoms with E-state index >= 15 is 0 Å². The Bertz CT molecular complexity index is 479. The van der Waals surface area contributed by atoms with E-state index in [-0.39, 0.29) is 17.5 Å². The zero-order valence-electron chi connectivity index (χ0n) is 10.5. The zero-order valence-corrected chi connectivity index (χ0v) is 10.5. The molecule has 0 saturated heterocycles. The molecule has 0 radical (unpaired) electrons. The van der Waals surface area contributed by atoms with Gasteiger partial charge in [-0.1, -0.05) is 0 Å². The molecule has 2 aliphatic carbocycles. The number of rotatable bonds is 2. The molecular weight excluding hydrogens is 244 g/mol. The van der Waals surface area contributed by atoms with E-state index in [1.54, 1.807) is 12.1 Å². The molecule has 2 amide bonds. The van der Waals surface area contributed by atoms with E-state index in [1.807, 2.05) is 0 Å². The van der Waals surface area contributed by atoms with Crippen molar-refractivity contribution in [2.45, 2.75) is 25.7 Å². The molecular formula is C13H16N4O2. The smallest absolute Gasteiger partial charge is 0.273 e. The Morgan fingerprint density at radius 3 is 2.47 bits per heavy atom. The maximum absolute atomic E-state index is 11.9. The Morgan fingerprint density at radius 2 is 1.89 bits per heavy atom. The number of fused-ring (bicyclic) bond motifs is 1. The van der Waals surface area contributed by atoms with Gasteiger partial charge in [0.15, 0.2) is 5.69 Å². The second kappa shape index (κ2) is 4.95. The number of carbonyl (C=O) groups excluding carboxylic acids is 2. The molecule has 1 aromatic rings. The van der Waals surface area contributed by atoms with Gasteiger partial charge in [0.05, 0.1) is 0 Å². The SMILES string of the molecule is O=C(NNC(=O)C1C[C@H]2CC[C@H]2C1)c1cccnn1. The van der Waals surface area contributed by atoms with E-state index in [0.29, 0.717) is 0 Å². The number of carbonyl (C=O) groups is 2. The van der Waals surface area contributed by atoms with Crippen LogP contribution in [0.1, 0.15) is 36.2 Å². The number of nitrogens with zero attached hydrogens (tertiary/aromatic N) is 2. The summed E-state index contributed by atoms with van der Waals surface area (Å²) in [5.41, 5.74) is 5.06. The fourth-order valence-electron chi connectivity index (χ4n) is 3.01. The lowest BCUT2D eigenvalue weighted by Crippen LogP contribution is -2.44. The van der Waals surface area contributed by atoms with Crippen molar-refractivity contribution in [2.75, 3.05) is 0 Å². The van der Waals surface area contributed by atoms with Gasteiger partial charge < -0.3 is 0 Å². The average molecular weight is 260 g/mol. The molecule has 6 nitrogen and oxygen atoms in total. The summed E-state index contributed by atoms with van der Waals surface area (Å²) in [4.78, 5) is 23.6. The molecule has 6 heteroatoms. The van der Waals surface area contributed by atoms with Gasteiger partial charge in [-0.3, -0.25) is 20.4 Å². The molecule has 1 unspecified atom stereocenters. The van der Waals surface area contributed by atoms with Crippen LogP contribution in [0.25, 0.3) is 0 Å². The van der Waals surface area contributed by atoms with Crippen molar-refractivity contribution in [3.63, 3.8) is 0 Å². The van der Waals surface area contributed by atoms with Crippen molar-refractivity contribution in [1.29, 1.82) is 0 Å². The maximum Gasteiger partial charge on any atom is 0.290 e. The number of amides is 2. The van der Waals surface area contributed by atoms with E-state index in [9.17, 15) is 9.59 Å². The van der Waals surface area contributed by atoms with Crippen molar-refractivity contribution >= 4 is 11.8 Å².